The van der Waals surface area contributed by atoms with Crippen molar-refractivity contribution in [3.05, 3.63) is 29.8 Å². The average Bonchev–Trinajstić information content (AvgIpc) is 2.71. The van der Waals surface area contributed by atoms with Gasteiger partial charge in [-0.3, -0.25) is 4.57 Å². The van der Waals surface area contributed by atoms with Gasteiger partial charge in [-0.15, -0.1) is 10.2 Å². The molecule has 6 heteroatoms. The number of aromatic nitrogens is 3. The number of rotatable bonds is 5. The first-order valence-electron chi connectivity index (χ1n) is 5.61. The molecule has 0 fully saturated rings. The summed E-state index contributed by atoms with van der Waals surface area (Å²) in [6.45, 7) is 0. The molecule has 2 aromatic rings. The number of anilines is 1. The van der Waals surface area contributed by atoms with Gasteiger partial charge in [-0.25, -0.2) is 0 Å². The third-order valence-electron chi connectivity index (χ3n) is 2.65. The second-order valence-corrected chi connectivity index (χ2v) is 4.91. The van der Waals surface area contributed by atoms with E-state index in [0.29, 0.717) is 5.95 Å². The van der Waals surface area contributed by atoms with E-state index in [2.05, 4.69) is 22.3 Å². The van der Waals surface area contributed by atoms with Gasteiger partial charge in [0.2, 0.25) is 5.95 Å². The molecule has 1 aromatic heterocycles. The minimum absolute atomic E-state index is 0.446. The van der Waals surface area contributed by atoms with Crippen molar-refractivity contribution < 1.29 is 4.74 Å². The van der Waals surface area contributed by atoms with Crippen molar-refractivity contribution in [1.29, 1.82) is 0 Å². The molecule has 0 aliphatic rings. The highest BCUT2D eigenvalue weighted by Crippen LogP contribution is 2.19. The number of nitrogen functional groups attached to an aromatic ring is 1. The Kier molecular flexibility index (Phi) is 4.09. The van der Waals surface area contributed by atoms with Crippen LogP contribution < -0.4 is 10.5 Å². The zero-order chi connectivity index (χ0) is 13.0. The molecule has 0 saturated heterocycles. The van der Waals surface area contributed by atoms with Gasteiger partial charge >= 0.3 is 0 Å². The fourth-order valence-electron chi connectivity index (χ4n) is 1.50. The van der Waals surface area contributed by atoms with Gasteiger partial charge in [0.1, 0.15) is 5.75 Å². The van der Waals surface area contributed by atoms with E-state index < -0.39 is 0 Å². The maximum Gasteiger partial charge on any atom is 0.222 e. The summed E-state index contributed by atoms with van der Waals surface area (Å²) >= 11 is 1.65. The number of hydrogen-bond donors (Lipinski definition) is 1. The quantitative estimate of drug-likeness (QED) is 0.833. The van der Waals surface area contributed by atoms with E-state index in [-0.39, 0.29) is 0 Å². The fraction of sp³-hybridized carbons (Fsp3) is 0.333. The lowest BCUT2D eigenvalue weighted by Gasteiger charge is -2.03. The lowest BCUT2D eigenvalue weighted by atomic mass is 10.2. The molecule has 0 aliphatic heterocycles. The largest absolute Gasteiger partial charge is 0.497 e. The predicted molar refractivity (Wildman–Crippen MR) is 72.8 cm³/mol. The van der Waals surface area contributed by atoms with Gasteiger partial charge in [-0.05, 0) is 24.1 Å². The van der Waals surface area contributed by atoms with E-state index in [1.165, 1.54) is 5.56 Å². The molecule has 1 heterocycles. The van der Waals surface area contributed by atoms with Crippen LogP contribution in [0.1, 0.15) is 5.56 Å². The number of ether oxygens (including phenoxy) is 1. The maximum atomic E-state index is 5.62. The summed E-state index contributed by atoms with van der Waals surface area (Å²) in [7, 11) is 3.54. The number of nitrogens with two attached hydrogens (primary N) is 1. The maximum absolute atomic E-state index is 5.62. The summed E-state index contributed by atoms with van der Waals surface area (Å²) in [5.41, 5.74) is 6.89. The summed E-state index contributed by atoms with van der Waals surface area (Å²) in [5.74, 6) is 2.27. The Balaban J connectivity index is 1.86. The topological polar surface area (TPSA) is 66.0 Å². The third kappa shape index (κ3) is 2.95. The van der Waals surface area contributed by atoms with Crippen LogP contribution in [0.25, 0.3) is 0 Å². The van der Waals surface area contributed by atoms with Crippen LogP contribution in [-0.2, 0) is 13.5 Å². The van der Waals surface area contributed by atoms with Crippen LogP contribution >= 0.6 is 11.8 Å². The van der Waals surface area contributed by atoms with E-state index in [1.807, 2.05) is 19.2 Å². The molecule has 0 bridgehead atoms. The summed E-state index contributed by atoms with van der Waals surface area (Å²) in [4.78, 5) is 0. The molecule has 5 nitrogen and oxygen atoms in total. The van der Waals surface area contributed by atoms with E-state index in [0.717, 1.165) is 23.1 Å². The molecule has 0 aliphatic carbocycles. The molecule has 0 unspecified atom stereocenters. The highest BCUT2D eigenvalue weighted by Gasteiger charge is 2.05. The van der Waals surface area contributed by atoms with Crippen LogP contribution in [0.2, 0.25) is 0 Å². The van der Waals surface area contributed by atoms with Crippen LogP contribution in [0.5, 0.6) is 5.75 Å². The summed E-state index contributed by atoms with van der Waals surface area (Å²) in [6, 6.07) is 8.09. The van der Waals surface area contributed by atoms with Gasteiger partial charge in [-0.2, -0.15) is 0 Å². The molecule has 1 aromatic carbocycles. The van der Waals surface area contributed by atoms with Gasteiger partial charge in [0.05, 0.1) is 7.11 Å². The monoisotopic (exact) mass is 264 g/mol. The van der Waals surface area contributed by atoms with Crippen LogP contribution in [0.15, 0.2) is 29.4 Å². The van der Waals surface area contributed by atoms with Crippen molar-refractivity contribution in [3.63, 3.8) is 0 Å². The molecule has 0 atom stereocenters. The van der Waals surface area contributed by atoms with Gasteiger partial charge in [0.25, 0.3) is 0 Å². The Morgan fingerprint density at radius 1 is 1.28 bits per heavy atom. The smallest absolute Gasteiger partial charge is 0.222 e. The fourth-order valence-corrected chi connectivity index (χ4v) is 2.41. The van der Waals surface area contributed by atoms with Crippen LogP contribution in [0.3, 0.4) is 0 Å². The molecule has 0 saturated carbocycles. The molecule has 18 heavy (non-hydrogen) atoms. The molecule has 2 N–H and O–H groups in total. The lowest BCUT2D eigenvalue weighted by Crippen LogP contribution is -1.98. The number of methoxy groups -OCH3 is 1. The van der Waals surface area contributed by atoms with Gasteiger partial charge < -0.3 is 10.5 Å². The van der Waals surface area contributed by atoms with E-state index in [9.17, 15) is 0 Å². The van der Waals surface area contributed by atoms with E-state index >= 15 is 0 Å². The number of aryl methyl sites for hydroxylation is 1. The Morgan fingerprint density at radius 2 is 2.00 bits per heavy atom. The lowest BCUT2D eigenvalue weighted by molar-refractivity contribution is 0.414. The van der Waals surface area contributed by atoms with Gasteiger partial charge in [0.15, 0.2) is 5.16 Å². The molecule has 96 valence electrons. The van der Waals surface area contributed by atoms with Gasteiger partial charge in [-0.1, -0.05) is 23.9 Å². The molecule has 2 rings (SSSR count). The second kappa shape index (κ2) is 5.77. The zero-order valence-corrected chi connectivity index (χ0v) is 11.3. The SMILES string of the molecule is COc1ccc(CCSc2nnc(N)n2C)cc1. The molecular formula is C12H16N4OS. The Labute approximate surface area is 110 Å². The summed E-state index contributed by atoms with van der Waals surface area (Å²) in [6.07, 6.45) is 0.974. The van der Waals surface area contributed by atoms with Crippen LogP contribution in [0, 0.1) is 0 Å². The minimum atomic E-state index is 0.446. The first-order valence-corrected chi connectivity index (χ1v) is 6.60. The molecule has 0 radical (unpaired) electrons. The third-order valence-corrected chi connectivity index (χ3v) is 3.67. The Hall–Kier alpha value is -1.69. The van der Waals surface area contributed by atoms with E-state index in [4.69, 9.17) is 10.5 Å². The minimum Gasteiger partial charge on any atom is -0.497 e. The van der Waals surface area contributed by atoms with E-state index in [1.54, 1.807) is 23.4 Å². The van der Waals surface area contributed by atoms with Crippen LogP contribution in [0.4, 0.5) is 5.95 Å². The normalized spacial score (nSPS) is 10.6. The van der Waals surface area contributed by atoms with Gasteiger partial charge in [0, 0.05) is 12.8 Å². The molecule has 0 amide bonds. The second-order valence-electron chi connectivity index (χ2n) is 3.85. The van der Waals surface area contributed by atoms with Crippen molar-refractivity contribution in [2.24, 2.45) is 7.05 Å². The zero-order valence-electron chi connectivity index (χ0n) is 10.5. The van der Waals surface area contributed by atoms with Crippen molar-refractivity contribution >= 4 is 17.7 Å². The molecule has 0 spiro atoms. The highest BCUT2D eigenvalue weighted by molar-refractivity contribution is 7.99. The summed E-state index contributed by atoms with van der Waals surface area (Å²) < 4.78 is 6.91. The first kappa shape index (κ1) is 12.8. The first-order chi connectivity index (χ1) is 8.70. The van der Waals surface area contributed by atoms with Crippen LogP contribution in [-0.4, -0.2) is 27.6 Å². The number of thioether (sulfide) groups is 1. The number of nitrogens with zero attached hydrogens (tertiary/aromatic N) is 3. The number of benzene rings is 1. The Bertz CT molecular complexity index is 509. The van der Waals surface area contributed by atoms with Crippen molar-refractivity contribution in [3.8, 4) is 5.75 Å². The van der Waals surface area contributed by atoms with Crippen molar-refractivity contribution in [2.45, 2.75) is 11.6 Å². The predicted octanol–water partition coefficient (Wildman–Crippen LogP) is 1.74. The van der Waals surface area contributed by atoms with Crippen molar-refractivity contribution in [2.75, 3.05) is 18.6 Å². The Morgan fingerprint density at radius 3 is 2.56 bits per heavy atom. The summed E-state index contributed by atoms with van der Waals surface area (Å²) in [5, 5.41) is 8.67. The average molecular weight is 264 g/mol. The highest BCUT2D eigenvalue weighted by atomic mass is 32.2. The number of hydrogen-bond acceptors (Lipinski definition) is 5. The standard InChI is InChI=1S/C12H16N4OS/c1-16-11(13)14-15-12(16)18-8-7-9-3-5-10(17-2)6-4-9/h3-6H,7-8H2,1-2H3,(H2,13,14). The van der Waals surface area contributed by atoms with Crippen molar-refractivity contribution in [1.82, 2.24) is 14.8 Å². The molecular weight excluding hydrogens is 248 g/mol.